The minimum Gasteiger partial charge on any atom is -0.396 e. The van der Waals surface area contributed by atoms with Crippen LogP contribution < -0.4 is 0 Å². The van der Waals surface area contributed by atoms with Gasteiger partial charge in [-0.1, -0.05) is 18.6 Å². The second kappa shape index (κ2) is 5.82. The maximum Gasteiger partial charge on any atom is 0.0499 e. The van der Waals surface area contributed by atoms with E-state index in [0.29, 0.717) is 6.61 Å². The van der Waals surface area contributed by atoms with E-state index < -0.39 is 0 Å². The van der Waals surface area contributed by atoms with Gasteiger partial charge in [-0.3, -0.25) is 0 Å². The Morgan fingerprint density at radius 3 is 2.71 bits per heavy atom. The fourth-order valence-corrected chi connectivity index (χ4v) is 3.66. The number of aryl methyl sites for hydroxylation is 1. The summed E-state index contributed by atoms with van der Waals surface area (Å²) in [5, 5.41) is 11.0. The van der Waals surface area contributed by atoms with Crippen molar-refractivity contribution in [2.45, 2.75) is 39.3 Å². The molecule has 1 aliphatic rings. The van der Waals surface area contributed by atoms with Crippen LogP contribution in [0.3, 0.4) is 0 Å². The van der Waals surface area contributed by atoms with Crippen LogP contribution in [0, 0.1) is 5.41 Å². The van der Waals surface area contributed by atoms with Crippen LogP contribution in [0.15, 0.2) is 30.5 Å². The van der Waals surface area contributed by atoms with Gasteiger partial charge in [0.2, 0.25) is 0 Å². The minimum absolute atomic E-state index is 0.165. The number of hydrogen-bond donors (Lipinski definition) is 1. The molecule has 21 heavy (non-hydrogen) atoms. The Labute approximate surface area is 127 Å². The average Bonchev–Trinajstić information content (AvgIpc) is 2.87. The van der Waals surface area contributed by atoms with Crippen molar-refractivity contribution in [2.24, 2.45) is 5.41 Å². The van der Waals surface area contributed by atoms with E-state index in [1.165, 1.54) is 35.7 Å². The van der Waals surface area contributed by atoms with Gasteiger partial charge in [-0.2, -0.15) is 0 Å². The average molecular weight is 286 g/mol. The van der Waals surface area contributed by atoms with E-state index in [0.717, 1.165) is 19.6 Å². The lowest BCUT2D eigenvalue weighted by Crippen LogP contribution is -2.43. The van der Waals surface area contributed by atoms with Gasteiger partial charge in [0.1, 0.15) is 0 Å². The van der Waals surface area contributed by atoms with Gasteiger partial charge in [0.05, 0.1) is 0 Å². The zero-order valence-electron chi connectivity index (χ0n) is 13.2. The second-order valence-electron chi connectivity index (χ2n) is 6.64. The molecule has 0 unspecified atom stereocenters. The molecule has 3 heteroatoms. The molecule has 1 heterocycles. The first-order chi connectivity index (χ1) is 10.2. The van der Waals surface area contributed by atoms with Crippen molar-refractivity contribution in [3.05, 3.63) is 36.0 Å². The van der Waals surface area contributed by atoms with Gasteiger partial charge >= 0.3 is 0 Å². The lowest BCUT2D eigenvalue weighted by molar-refractivity contribution is 0.0128. The third kappa shape index (κ3) is 2.72. The Bertz CT molecular complexity index is 607. The molecule has 0 aliphatic heterocycles. The van der Waals surface area contributed by atoms with E-state index in [-0.39, 0.29) is 5.41 Å². The number of aromatic nitrogens is 1. The molecule has 1 fully saturated rings. The molecule has 3 rings (SSSR count). The molecule has 3 nitrogen and oxygen atoms in total. The van der Waals surface area contributed by atoms with Crippen molar-refractivity contribution < 1.29 is 5.11 Å². The largest absolute Gasteiger partial charge is 0.396 e. The van der Waals surface area contributed by atoms with Crippen molar-refractivity contribution in [3.8, 4) is 0 Å². The molecule has 1 saturated carbocycles. The topological polar surface area (TPSA) is 28.4 Å². The molecule has 0 atom stereocenters. The number of fused-ring (bicyclic) bond motifs is 1. The highest BCUT2D eigenvalue weighted by Gasteiger charge is 2.37. The summed E-state index contributed by atoms with van der Waals surface area (Å²) in [5.41, 5.74) is 2.87. The van der Waals surface area contributed by atoms with Gasteiger partial charge in [-0.15, -0.1) is 0 Å². The number of aliphatic hydroxyl groups excluding tert-OH is 1. The summed E-state index contributed by atoms with van der Waals surface area (Å²) in [6.45, 7) is 5.46. The molecule has 0 amide bonds. The first-order valence-electron chi connectivity index (χ1n) is 8.03. The van der Waals surface area contributed by atoms with E-state index in [4.69, 9.17) is 0 Å². The summed E-state index contributed by atoms with van der Waals surface area (Å²) in [7, 11) is 2.17. The quantitative estimate of drug-likeness (QED) is 0.883. The molecular formula is C18H26N2O. The molecule has 0 spiro atoms. The molecule has 1 aromatic heterocycles. The molecular weight excluding hydrogens is 260 g/mol. The summed E-state index contributed by atoms with van der Waals surface area (Å²) in [5.74, 6) is 0. The summed E-state index contributed by atoms with van der Waals surface area (Å²) in [4.78, 5) is 2.37. The van der Waals surface area contributed by atoms with Crippen LogP contribution in [0.2, 0.25) is 0 Å². The van der Waals surface area contributed by atoms with Crippen LogP contribution >= 0.6 is 0 Å². The zero-order chi connectivity index (χ0) is 14.9. The highest BCUT2D eigenvalue weighted by Crippen LogP contribution is 2.41. The monoisotopic (exact) mass is 286 g/mol. The highest BCUT2D eigenvalue weighted by atomic mass is 16.3. The maximum atomic E-state index is 9.63. The van der Waals surface area contributed by atoms with E-state index >= 15 is 0 Å². The van der Waals surface area contributed by atoms with E-state index in [1.807, 2.05) is 0 Å². The zero-order valence-corrected chi connectivity index (χ0v) is 13.2. The normalized spacial score (nSPS) is 17.3. The number of nitrogens with zero attached hydrogens (tertiary/aromatic N) is 2. The van der Waals surface area contributed by atoms with Gasteiger partial charge in [0, 0.05) is 48.8 Å². The first kappa shape index (κ1) is 14.6. The number of rotatable bonds is 6. The summed E-state index contributed by atoms with van der Waals surface area (Å²) in [6.07, 6.45) is 5.78. The Hall–Kier alpha value is -1.32. The van der Waals surface area contributed by atoms with Crippen molar-refractivity contribution in [1.29, 1.82) is 0 Å². The van der Waals surface area contributed by atoms with Crippen LogP contribution in [0.1, 0.15) is 31.7 Å². The molecule has 0 saturated heterocycles. The molecule has 2 aromatic rings. The van der Waals surface area contributed by atoms with Gasteiger partial charge in [0.25, 0.3) is 0 Å². The van der Waals surface area contributed by atoms with Gasteiger partial charge < -0.3 is 14.6 Å². The number of benzene rings is 1. The predicted molar refractivity (Wildman–Crippen MR) is 87.3 cm³/mol. The van der Waals surface area contributed by atoms with Crippen molar-refractivity contribution >= 4 is 10.9 Å². The summed E-state index contributed by atoms with van der Waals surface area (Å²) >= 11 is 0. The van der Waals surface area contributed by atoms with E-state index in [1.54, 1.807) is 0 Å². The van der Waals surface area contributed by atoms with E-state index in [9.17, 15) is 5.11 Å². The SMILES string of the molecule is CCn1ccc2c(CN(C)CC3(CO)CCC3)cccc21. The Kier molecular flexibility index (Phi) is 4.05. The first-order valence-corrected chi connectivity index (χ1v) is 8.03. The number of hydrogen-bond acceptors (Lipinski definition) is 2. The molecule has 114 valence electrons. The van der Waals surface area contributed by atoms with Crippen LogP contribution in [0.5, 0.6) is 0 Å². The van der Waals surface area contributed by atoms with Gasteiger partial charge in [0.15, 0.2) is 0 Å². The Morgan fingerprint density at radius 2 is 2.10 bits per heavy atom. The van der Waals surface area contributed by atoms with Crippen molar-refractivity contribution in [2.75, 3.05) is 20.2 Å². The summed E-state index contributed by atoms with van der Waals surface area (Å²) in [6, 6.07) is 8.81. The predicted octanol–water partition coefficient (Wildman–Crippen LogP) is 3.26. The lowest BCUT2D eigenvalue weighted by Gasteiger charge is -2.43. The van der Waals surface area contributed by atoms with Crippen LogP contribution in [0.25, 0.3) is 10.9 Å². The third-order valence-corrected chi connectivity index (χ3v) is 5.04. The highest BCUT2D eigenvalue weighted by molar-refractivity contribution is 5.83. The Morgan fingerprint density at radius 1 is 1.29 bits per heavy atom. The molecule has 1 aliphatic carbocycles. The van der Waals surface area contributed by atoms with Crippen LogP contribution in [-0.4, -0.2) is 34.8 Å². The van der Waals surface area contributed by atoms with Crippen molar-refractivity contribution in [1.82, 2.24) is 9.47 Å². The smallest absolute Gasteiger partial charge is 0.0499 e. The van der Waals surface area contributed by atoms with Gasteiger partial charge in [-0.05, 0) is 44.5 Å². The standard InChI is InChI=1S/C18H26N2O/c1-3-20-11-8-16-15(6-4-7-17(16)20)12-19(2)13-18(14-21)9-5-10-18/h4,6-8,11,21H,3,5,9-10,12-14H2,1-2H3. The molecule has 1 aromatic carbocycles. The molecule has 1 N–H and O–H groups in total. The third-order valence-electron chi connectivity index (χ3n) is 5.04. The van der Waals surface area contributed by atoms with Crippen molar-refractivity contribution in [3.63, 3.8) is 0 Å². The fraction of sp³-hybridized carbons (Fsp3) is 0.556. The maximum absolute atomic E-state index is 9.63. The van der Waals surface area contributed by atoms with Crippen LogP contribution in [-0.2, 0) is 13.1 Å². The minimum atomic E-state index is 0.165. The number of aliphatic hydroxyl groups is 1. The second-order valence-corrected chi connectivity index (χ2v) is 6.64. The van der Waals surface area contributed by atoms with Gasteiger partial charge in [-0.25, -0.2) is 0 Å². The molecule has 0 radical (unpaired) electrons. The van der Waals surface area contributed by atoms with E-state index in [2.05, 4.69) is 53.9 Å². The Balaban J connectivity index is 1.77. The lowest BCUT2D eigenvalue weighted by atomic mass is 9.69. The molecule has 0 bridgehead atoms. The van der Waals surface area contributed by atoms with Crippen LogP contribution in [0.4, 0.5) is 0 Å². The fourth-order valence-electron chi connectivity index (χ4n) is 3.66. The summed E-state index contributed by atoms with van der Waals surface area (Å²) < 4.78 is 2.29.